The fourth-order valence-electron chi connectivity index (χ4n) is 1.87. The van der Waals surface area contributed by atoms with Gasteiger partial charge in [-0.25, -0.2) is 9.97 Å². The summed E-state index contributed by atoms with van der Waals surface area (Å²) in [6.07, 6.45) is 5.55. The van der Waals surface area contributed by atoms with Gasteiger partial charge >= 0.3 is 0 Å². The van der Waals surface area contributed by atoms with E-state index in [1.165, 1.54) is 0 Å². The second-order valence-corrected chi connectivity index (χ2v) is 4.97. The fraction of sp³-hybridized carbons (Fsp3) is 0.692. The van der Waals surface area contributed by atoms with E-state index in [0.29, 0.717) is 17.8 Å². The Morgan fingerprint density at radius 3 is 2.47 bits per heavy atom. The third-order valence-electron chi connectivity index (χ3n) is 2.67. The number of hydrogen-bond acceptors (Lipinski definition) is 4. The normalized spacial score (nSPS) is 12.8. The van der Waals surface area contributed by atoms with E-state index in [1.807, 2.05) is 6.92 Å². The quantitative estimate of drug-likeness (QED) is 0.763. The molecule has 4 nitrogen and oxygen atoms in total. The zero-order valence-corrected chi connectivity index (χ0v) is 11.0. The number of nitrogens with one attached hydrogen (secondary N) is 1. The van der Waals surface area contributed by atoms with Crippen LogP contribution in [-0.2, 0) is 0 Å². The minimum atomic E-state index is 0.244. The maximum absolute atomic E-state index is 9.02. The highest BCUT2D eigenvalue weighted by Gasteiger charge is 2.10. The summed E-state index contributed by atoms with van der Waals surface area (Å²) in [7, 11) is 0. The molecule has 0 radical (unpaired) electrons. The lowest BCUT2D eigenvalue weighted by atomic mass is 9.94. The number of anilines is 1. The van der Waals surface area contributed by atoms with Crippen molar-refractivity contribution in [3.63, 3.8) is 0 Å². The van der Waals surface area contributed by atoms with E-state index in [4.69, 9.17) is 5.11 Å². The van der Waals surface area contributed by atoms with Crippen LogP contribution in [0.3, 0.4) is 0 Å². The number of rotatable bonds is 7. The molecule has 0 spiro atoms. The molecule has 96 valence electrons. The van der Waals surface area contributed by atoms with Gasteiger partial charge in [-0.3, -0.25) is 0 Å². The van der Waals surface area contributed by atoms with Gasteiger partial charge in [0.15, 0.2) is 0 Å². The SMILES string of the molecule is Cc1cnc(NCC(CCO)CC(C)C)nc1. The summed E-state index contributed by atoms with van der Waals surface area (Å²) < 4.78 is 0. The number of nitrogens with zero attached hydrogens (tertiary/aromatic N) is 2. The second kappa shape index (κ2) is 7.22. The largest absolute Gasteiger partial charge is 0.396 e. The van der Waals surface area contributed by atoms with Crippen molar-refractivity contribution in [3.8, 4) is 0 Å². The third-order valence-corrected chi connectivity index (χ3v) is 2.67. The van der Waals surface area contributed by atoms with E-state index in [-0.39, 0.29) is 6.61 Å². The summed E-state index contributed by atoms with van der Waals surface area (Å²) in [5.41, 5.74) is 1.06. The number of aliphatic hydroxyl groups is 1. The zero-order valence-electron chi connectivity index (χ0n) is 11.0. The molecule has 0 saturated heterocycles. The lowest BCUT2D eigenvalue weighted by Gasteiger charge is -2.18. The molecule has 1 unspecified atom stereocenters. The van der Waals surface area contributed by atoms with Crippen molar-refractivity contribution < 1.29 is 5.11 Å². The highest BCUT2D eigenvalue weighted by Crippen LogP contribution is 2.15. The molecule has 0 amide bonds. The van der Waals surface area contributed by atoms with Gasteiger partial charge in [-0.15, -0.1) is 0 Å². The van der Waals surface area contributed by atoms with Gasteiger partial charge in [-0.1, -0.05) is 13.8 Å². The Labute approximate surface area is 103 Å². The molecule has 0 aromatic carbocycles. The first-order chi connectivity index (χ1) is 8.11. The van der Waals surface area contributed by atoms with Crippen LogP contribution in [0.1, 0.15) is 32.3 Å². The molecule has 0 fully saturated rings. The molecule has 1 heterocycles. The summed E-state index contributed by atoms with van der Waals surface area (Å²) in [4.78, 5) is 8.41. The van der Waals surface area contributed by atoms with Crippen molar-refractivity contribution in [1.29, 1.82) is 0 Å². The van der Waals surface area contributed by atoms with Crippen molar-refractivity contribution in [2.75, 3.05) is 18.5 Å². The topological polar surface area (TPSA) is 58.0 Å². The number of aryl methyl sites for hydroxylation is 1. The van der Waals surface area contributed by atoms with E-state index < -0.39 is 0 Å². The summed E-state index contributed by atoms with van der Waals surface area (Å²) in [6, 6.07) is 0. The van der Waals surface area contributed by atoms with Gasteiger partial charge < -0.3 is 10.4 Å². The van der Waals surface area contributed by atoms with Gasteiger partial charge in [-0.05, 0) is 37.2 Å². The van der Waals surface area contributed by atoms with Crippen molar-refractivity contribution in [2.24, 2.45) is 11.8 Å². The molecule has 0 aliphatic carbocycles. The van der Waals surface area contributed by atoms with Crippen molar-refractivity contribution in [3.05, 3.63) is 18.0 Å². The van der Waals surface area contributed by atoms with Crippen LogP contribution >= 0.6 is 0 Å². The Morgan fingerprint density at radius 1 is 1.29 bits per heavy atom. The van der Waals surface area contributed by atoms with E-state index in [2.05, 4.69) is 29.1 Å². The molecular formula is C13H23N3O. The highest BCUT2D eigenvalue weighted by molar-refractivity contribution is 5.24. The molecule has 0 aliphatic heterocycles. The smallest absolute Gasteiger partial charge is 0.222 e. The maximum Gasteiger partial charge on any atom is 0.222 e. The third kappa shape index (κ3) is 5.63. The van der Waals surface area contributed by atoms with Crippen molar-refractivity contribution >= 4 is 5.95 Å². The van der Waals surface area contributed by atoms with Gasteiger partial charge in [0.1, 0.15) is 0 Å². The van der Waals surface area contributed by atoms with Gasteiger partial charge in [0.2, 0.25) is 5.95 Å². The molecular weight excluding hydrogens is 214 g/mol. The van der Waals surface area contributed by atoms with Crippen LogP contribution in [0.15, 0.2) is 12.4 Å². The first-order valence-corrected chi connectivity index (χ1v) is 6.25. The Hall–Kier alpha value is -1.16. The Balaban J connectivity index is 2.42. The summed E-state index contributed by atoms with van der Waals surface area (Å²) in [5.74, 6) is 1.79. The van der Waals surface area contributed by atoms with Crippen LogP contribution in [0.5, 0.6) is 0 Å². The fourth-order valence-corrected chi connectivity index (χ4v) is 1.87. The monoisotopic (exact) mass is 237 g/mol. The predicted octanol–water partition coefficient (Wildman–Crippen LogP) is 2.24. The standard InChI is InChI=1S/C13H23N3O/c1-10(2)6-12(4-5-17)9-16-13-14-7-11(3)8-15-13/h7-8,10,12,17H,4-6,9H2,1-3H3,(H,14,15,16). The van der Waals surface area contributed by atoms with E-state index in [1.54, 1.807) is 12.4 Å². The van der Waals surface area contributed by atoms with Crippen molar-refractivity contribution in [1.82, 2.24) is 9.97 Å². The van der Waals surface area contributed by atoms with Crippen LogP contribution in [0.4, 0.5) is 5.95 Å². The Morgan fingerprint density at radius 2 is 1.94 bits per heavy atom. The Kier molecular flexibility index (Phi) is 5.91. The van der Waals surface area contributed by atoms with E-state index in [9.17, 15) is 0 Å². The van der Waals surface area contributed by atoms with Gasteiger partial charge in [0.25, 0.3) is 0 Å². The zero-order chi connectivity index (χ0) is 12.7. The number of aromatic nitrogens is 2. The molecule has 1 rings (SSSR count). The molecule has 0 aliphatic rings. The molecule has 17 heavy (non-hydrogen) atoms. The lowest BCUT2D eigenvalue weighted by Crippen LogP contribution is -2.18. The van der Waals surface area contributed by atoms with Crippen LogP contribution in [0.25, 0.3) is 0 Å². The van der Waals surface area contributed by atoms with Crippen molar-refractivity contribution in [2.45, 2.75) is 33.6 Å². The maximum atomic E-state index is 9.02. The van der Waals surface area contributed by atoms with Crippen LogP contribution in [0.2, 0.25) is 0 Å². The summed E-state index contributed by atoms with van der Waals surface area (Å²) in [5, 5.41) is 12.3. The molecule has 1 aromatic heterocycles. The number of hydrogen-bond donors (Lipinski definition) is 2. The first kappa shape index (κ1) is 13.9. The van der Waals surface area contributed by atoms with Crippen LogP contribution < -0.4 is 5.32 Å². The molecule has 0 saturated carbocycles. The van der Waals surface area contributed by atoms with E-state index in [0.717, 1.165) is 24.9 Å². The minimum absolute atomic E-state index is 0.244. The predicted molar refractivity (Wildman–Crippen MR) is 69.9 cm³/mol. The molecule has 0 bridgehead atoms. The summed E-state index contributed by atoms with van der Waals surface area (Å²) in [6.45, 7) is 7.44. The molecule has 2 N–H and O–H groups in total. The first-order valence-electron chi connectivity index (χ1n) is 6.25. The van der Waals surface area contributed by atoms with Gasteiger partial charge in [0, 0.05) is 25.5 Å². The summed E-state index contributed by atoms with van der Waals surface area (Å²) >= 11 is 0. The molecule has 1 atom stereocenters. The molecule has 4 heteroatoms. The molecule has 1 aromatic rings. The van der Waals surface area contributed by atoms with Crippen LogP contribution in [-0.4, -0.2) is 28.2 Å². The number of aliphatic hydroxyl groups excluding tert-OH is 1. The van der Waals surface area contributed by atoms with Gasteiger partial charge in [-0.2, -0.15) is 0 Å². The Bertz CT molecular complexity index is 311. The average Bonchev–Trinajstić information content (AvgIpc) is 2.27. The lowest BCUT2D eigenvalue weighted by molar-refractivity contribution is 0.247. The highest BCUT2D eigenvalue weighted by atomic mass is 16.3. The second-order valence-electron chi connectivity index (χ2n) is 4.97. The average molecular weight is 237 g/mol. The minimum Gasteiger partial charge on any atom is -0.396 e. The van der Waals surface area contributed by atoms with Gasteiger partial charge in [0.05, 0.1) is 0 Å². The van der Waals surface area contributed by atoms with Crippen LogP contribution in [0, 0.1) is 18.8 Å². The van der Waals surface area contributed by atoms with E-state index >= 15 is 0 Å².